The average molecular weight is 480 g/mol. The molecule has 0 radical (unpaired) electrons. The maximum Gasteiger partial charge on any atom is 0.289 e. The van der Waals surface area contributed by atoms with Gasteiger partial charge in [0, 0.05) is 17.2 Å². The molecule has 1 unspecified atom stereocenters. The molecule has 0 saturated carbocycles. The average Bonchev–Trinajstić information content (AvgIpc) is 2.83. The molecule has 0 fully saturated rings. The summed E-state index contributed by atoms with van der Waals surface area (Å²) >= 11 is 0. The number of nitro benzene ring substituents is 1. The van der Waals surface area contributed by atoms with Gasteiger partial charge in [0.2, 0.25) is 10.0 Å². The monoisotopic (exact) mass is 480 g/mol. The Bertz CT molecular complexity index is 1460. The lowest BCUT2D eigenvalue weighted by Crippen LogP contribution is -2.31. The molecule has 34 heavy (non-hydrogen) atoms. The third kappa shape index (κ3) is 4.57. The standard InChI is InChI=1S/C25H18F2N2O4S/c26-20-13-5-4-11-19(20)25(28-34(32,33)23-16-7-6-15-22(23)29(30)31)24-18(12-8-14-21(24)27)17-9-2-1-3-10-17/h1-16,25,28H. The SMILES string of the molecule is O=[N+]([O-])c1ccccc1S(=O)(=O)NC(c1ccccc1F)c1c(F)cccc1-c1ccccc1. The minimum absolute atomic E-state index is 0.110. The number of para-hydroxylation sites is 1. The van der Waals surface area contributed by atoms with E-state index < -0.39 is 43.2 Å². The number of hydrogen-bond acceptors (Lipinski definition) is 4. The number of halogens is 2. The van der Waals surface area contributed by atoms with Gasteiger partial charge in [-0.2, -0.15) is 4.72 Å². The zero-order valence-electron chi connectivity index (χ0n) is 17.6. The van der Waals surface area contributed by atoms with E-state index in [0.29, 0.717) is 11.1 Å². The van der Waals surface area contributed by atoms with Gasteiger partial charge in [-0.3, -0.25) is 10.1 Å². The molecule has 0 aliphatic rings. The molecule has 0 bridgehead atoms. The van der Waals surface area contributed by atoms with Crippen molar-refractivity contribution in [1.82, 2.24) is 4.72 Å². The topological polar surface area (TPSA) is 89.3 Å². The molecule has 9 heteroatoms. The van der Waals surface area contributed by atoms with Crippen LogP contribution in [0.1, 0.15) is 17.2 Å². The van der Waals surface area contributed by atoms with Gasteiger partial charge in [-0.1, -0.05) is 72.8 Å². The molecule has 1 atom stereocenters. The molecular formula is C25H18F2N2O4S. The summed E-state index contributed by atoms with van der Waals surface area (Å²) in [7, 11) is -4.59. The normalized spacial score (nSPS) is 12.3. The molecule has 0 spiro atoms. The number of rotatable bonds is 7. The highest BCUT2D eigenvalue weighted by atomic mass is 32.2. The van der Waals surface area contributed by atoms with Crippen molar-refractivity contribution in [3.8, 4) is 11.1 Å². The first kappa shape index (κ1) is 23.2. The highest BCUT2D eigenvalue weighted by Gasteiger charge is 2.32. The van der Waals surface area contributed by atoms with Gasteiger partial charge in [0.15, 0.2) is 4.90 Å². The minimum Gasteiger partial charge on any atom is -0.258 e. The third-order valence-corrected chi connectivity index (χ3v) is 6.74. The van der Waals surface area contributed by atoms with Gasteiger partial charge < -0.3 is 0 Å². The largest absolute Gasteiger partial charge is 0.289 e. The molecule has 6 nitrogen and oxygen atoms in total. The molecule has 4 aromatic carbocycles. The first-order chi connectivity index (χ1) is 16.3. The first-order valence-electron chi connectivity index (χ1n) is 10.1. The fourth-order valence-corrected chi connectivity index (χ4v) is 5.10. The quantitative estimate of drug-likeness (QED) is 0.275. The van der Waals surface area contributed by atoms with E-state index in [2.05, 4.69) is 4.72 Å². The molecule has 4 rings (SSSR count). The second-order valence-corrected chi connectivity index (χ2v) is 9.05. The molecule has 0 heterocycles. The number of nitro groups is 1. The van der Waals surface area contributed by atoms with E-state index in [4.69, 9.17) is 0 Å². The van der Waals surface area contributed by atoms with Crippen molar-refractivity contribution in [3.63, 3.8) is 0 Å². The number of nitrogens with zero attached hydrogens (tertiary/aromatic N) is 1. The van der Waals surface area contributed by atoms with Crippen LogP contribution in [0.2, 0.25) is 0 Å². The Morgan fingerprint density at radius 2 is 1.38 bits per heavy atom. The lowest BCUT2D eigenvalue weighted by molar-refractivity contribution is -0.387. The van der Waals surface area contributed by atoms with Crippen molar-refractivity contribution < 1.29 is 22.1 Å². The van der Waals surface area contributed by atoms with Gasteiger partial charge >= 0.3 is 0 Å². The van der Waals surface area contributed by atoms with Crippen LogP contribution < -0.4 is 4.72 Å². The Morgan fingerprint density at radius 1 is 0.765 bits per heavy atom. The van der Waals surface area contributed by atoms with Crippen LogP contribution in [0.25, 0.3) is 11.1 Å². The van der Waals surface area contributed by atoms with Gasteiger partial charge in [-0.15, -0.1) is 0 Å². The molecule has 0 amide bonds. The maximum absolute atomic E-state index is 15.3. The van der Waals surface area contributed by atoms with Crippen molar-refractivity contribution >= 4 is 15.7 Å². The molecule has 4 aromatic rings. The number of benzene rings is 4. The Kier molecular flexibility index (Phi) is 6.49. The zero-order chi connectivity index (χ0) is 24.3. The fraction of sp³-hybridized carbons (Fsp3) is 0.0400. The van der Waals surface area contributed by atoms with E-state index >= 15 is 4.39 Å². The van der Waals surface area contributed by atoms with Crippen molar-refractivity contribution in [1.29, 1.82) is 0 Å². The van der Waals surface area contributed by atoms with Crippen LogP contribution in [0.4, 0.5) is 14.5 Å². The minimum atomic E-state index is -4.59. The smallest absolute Gasteiger partial charge is 0.258 e. The molecule has 1 N–H and O–H groups in total. The van der Waals surface area contributed by atoms with Gasteiger partial charge in [0.25, 0.3) is 5.69 Å². The van der Waals surface area contributed by atoms with Gasteiger partial charge in [0.1, 0.15) is 11.6 Å². The number of hydrogen-bond donors (Lipinski definition) is 1. The highest BCUT2D eigenvalue weighted by molar-refractivity contribution is 7.89. The van der Waals surface area contributed by atoms with Gasteiger partial charge in [-0.25, -0.2) is 17.2 Å². The van der Waals surface area contributed by atoms with Crippen LogP contribution >= 0.6 is 0 Å². The molecule has 0 saturated heterocycles. The summed E-state index contributed by atoms with van der Waals surface area (Å²) in [4.78, 5) is 9.99. The summed E-state index contributed by atoms with van der Waals surface area (Å²) < 4.78 is 59.2. The lowest BCUT2D eigenvalue weighted by atomic mass is 9.91. The summed E-state index contributed by atoms with van der Waals surface area (Å²) in [5.74, 6) is -1.53. The van der Waals surface area contributed by atoms with Crippen LogP contribution in [-0.4, -0.2) is 13.3 Å². The molecule has 0 aliphatic carbocycles. The van der Waals surface area contributed by atoms with Gasteiger partial charge in [0.05, 0.1) is 11.0 Å². The molecule has 0 aromatic heterocycles. The fourth-order valence-electron chi connectivity index (χ4n) is 3.74. The number of nitrogens with one attached hydrogen (secondary N) is 1. The summed E-state index contributed by atoms with van der Waals surface area (Å²) in [5.41, 5.74) is 0.0364. The third-order valence-electron chi connectivity index (χ3n) is 5.27. The second kappa shape index (κ2) is 9.50. The van der Waals surface area contributed by atoms with Crippen LogP contribution in [0.3, 0.4) is 0 Å². The Balaban J connectivity index is 1.94. The predicted molar refractivity (Wildman–Crippen MR) is 123 cm³/mol. The van der Waals surface area contributed by atoms with Crippen molar-refractivity contribution in [3.05, 3.63) is 130 Å². The zero-order valence-corrected chi connectivity index (χ0v) is 18.4. The van der Waals surface area contributed by atoms with Crippen LogP contribution in [0, 0.1) is 21.7 Å². The van der Waals surface area contributed by atoms with E-state index in [9.17, 15) is 22.9 Å². The Hall–Kier alpha value is -3.95. The van der Waals surface area contributed by atoms with Crippen molar-refractivity contribution in [2.45, 2.75) is 10.9 Å². The van der Waals surface area contributed by atoms with E-state index in [-0.39, 0.29) is 11.1 Å². The van der Waals surface area contributed by atoms with Crippen LogP contribution in [0.15, 0.2) is 102 Å². The van der Waals surface area contributed by atoms with E-state index in [0.717, 1.165) is 24.3 Å². The Labute approximate surface area is 194 Å². The molecular weight excluding hydrogens is 462 g/mol. The van der Waals surface area contributed by atoms with Crippen molar-refractivity contribution in [2.24, 2.45) is 0 Å². The Morgan fingerprint density at radius 3 is 2.09 bits per heavy atom. The van der Waals surface area contributed by atoms with Gasteiger partial charge in [-0.05, 0) is 29.3 Å². The highest BCUT2D eigenvalue weighted by Crippen LogP contribution is 2.36. The maximum atomic E-state index is 15.3. The molecule has 0 aliphatic heterocycles. The second-order valence-electron chi connectivity index (χ2n) is 7.37. The van der Waals surface area contributed by atoms with Crippen LogP contribution in [-0.2, 0) is 10.0 Å². The summed E-state index contributed by atoms with van der Waals surface area (Å²) in [6, 6.07) is 21.5. The summed E-state index contributed by atoms with van der Waals surface area (Å²) in [6.45, 7) is 0. The summed E-state index contributed by atoms with van der Waals surface area (Å²) in [5, 5.41) is 11.4. The first-order valence-corrected chi connectivity index (χ1v) is 11.6. The summed E-state index contributed by atoms with van der Waals surface area (Å²) in [6.07, 6.45) is 0. The van der Waals surface area contributed by atoms with E-state index in [1.165, 1.54) is 36.4 Å². The van der Waals surface area contributed by atoms with E-state index in [1.54, 1.807) is 36.4 Å². The van der Waals surface area contributed by atoms with E-state index in [1.807, 2.05) is 0 Å². The van der Waals surface area contributed by atoms with Crippen molar-refractivity contribution in [2.75, 3.05) is 0 Å². The lowest BCUT2D eigenvalue weighted by Gasteiger charge is -2.23. The van der Waals surface area contributed by atoms with Crippen LogP contribution in [0.5, 0.6) is 0 Å². The molecule has 172 valence electrons. The predicted octanol–water partition coefficient (Wildman–Crippen LogP) is 5.61. The number of sulfonamides is 1.